The minimum absolute atomic E-state index is 0.00231. The standard InChI is InChI=1S/C9H6F2N2O/c1-4(14)9-8-6(11)2-5(10)3-7(8)12-13-9/h2-3H,1H3,(H,12,13). The molecule has 0 saturated heterocycles. The fraction of sp³-hybridized carbons (Fsp3) is 0.111. The number of hydrogen-bond acceptors (Lipinski definition) is 2. The summed E-state index contributed by atoms with van der Waals surface area (Å²) in [4.78, 5) is 11.0. The SMILES string of the molecule is CC(=O)c1n[nH]c2cc(F)cc(F)c12. The molecule has 0 spiro atoms. The van der Waals surface area contributed by atoms with Crippen LogP contribution in [0.15, 0.2) is 12.1 Å². The normalized spacial score (nSPS) is 10.8. The van der Waals surface area contributed by atoms with Gasteiger partial charge in [-0.2, -0.15) is 5.10 Å². The van der Waals surface area contributed by atoms with E-state index in [4.69, 9.17) is 0 Å². The van der Waals surface area contributed by atoms with Gasteiger partial charge in [0.25, 0.3) is 0 Å². The molecule has 14 heavy (non-hydrogen) atoms. The number of ketones is 1. The molecule has 72 valence electrons. The number of carbonyl (C=O) groups is 1. The summed E-state index contributed by atoms with van der Waals surface area (Å²) in [6.45, 7) is 1.28. The molecule has 0 bridgehead atoms. The molecule has 0 fully saturated rings. The first-order valence-corrected chi connectivity index (χ1v) is 3.93. The van der Waals surface area contributed by atoms with Crippen molar-refractivity contribution in [3.05, 3.63) is 29.5 Å². The van der Waals surface area contributed by atoms with Crippen LogP contribution >= 0.6 is 0 Å². The van der Waals surface area contributed by atoms with Crippen molar-refractivity contribution >= 4 is 16.7 Å². The van der Waals surface area contributed by atoms with Crippen molar-refractivity contribution < 1.29 is 13.6 Å². The molecular formula is C9H6F2N2O. The number of H-pyrrole nitrogens is 1. The molecule has 0 aliphatic carbocycles. The van der Waals surface area contributed by atoms with E-state index < -0.39 is 11.6 Å². The van der Waals surface area contributed by atoms with Crippen LogP contribution in [0.5, 0.6) is 0 Å². The molecule has 0 unspecified atom stereocenters. The minimum atomic E-state index is -0.779. The zero-order chi connectivity index (χ0) is 10.3. The van der Waals surface area contributed by atoms with Crippen LogP contribution in [0.1, 0.15) is 17.4 Å². The number of carbonyl (C=O) groups excluding carboxylic acids is 1. The quantitative estimate of drug-likeness (QED) is 0.709. The number of fused-ring (bicyclic) bond motifs is 1. The van der Waals surface area contributed by atoms with E-state index in [9.17, 15) is 13.6 Å². The Morgan fingerprint density at radius 3 is 2.79 bits per heavy atom. The van der Waals surface area contributed by atoms with Crippen LogP contribution in [0.4, 0.5) is 8.78 Å². The zero-order valence-electron chi connectivity index (χ0n) is 7.27. The van der Waals surface area contributed by atoms with Gasteiger partial charge in [-0.1, -0.05) is 0 Å². The number of hydrogen-bond donors (Lipinski definition) is 1. The van der Waals surface area contributed by atoms with Crippen LogP contribution in [0.3, 0.4) is 0 Å². The van der Waals surface area contributed by atoms with E-state index in [-0.39, 0.29) is 22.4 Å². The minimum Gasteiger partial charge on any atom is -0.293 e. The second kappa shape index (κ2) is 2.87. The van der Waals surface area contributed by atoms with Crippen molar-refractivity contribution in [3.63, 3.8) is 0 Å². The van der Waals surface area contributed by atoms with E-state index >= 15 is 0 Å². The van der Waals surface area contributed by atoms with Gasteiger partial charge in [0.2, 0.25) is 0 Å². The summed E-state index contributed by atoms with van der Waals surface area (Å²) in [7, 11) is 0. The number of halogens is 2. The molecule has 2 rings (SSSR count). The van der Waals surface area contributed by atoms with E-state index in [1.807, 2.05) is 0 Å². The van der Waals surface area contributed by atoms with Gasteiger partial charge >= 0.3 is 0 Å². The fourth-order valence-electron chi connectivity index (χ4n) is 1.33. The number of Topliss-reactive ketones (excluding diaryl/α,β-unsaturated/α-hetero) is 1. The van der Waals surface area contributed by atoms with Gasteiger partial charge in [-0.25, -0.2) is 8.78 Å². The van der Waals surface area contributed by atoms with Crippen LogP contribution < -0.4 is 0 Å². The number of aromatic amines is 1. The Kier molecular flexibility index (Phi) is 1.80. The molecule has 1 N–H and O–H groups in total. The van der Waals surface area contributed by atoms with E-state index in [1.54, 1.807) is 0 Å². The Hall–Kier alpha value is -1.78. The number of benzene rings is 1. The summed E-state index contributed by atoms with van der Waals surface area (Å²) in [6.07, 6.45) is 0. The summed E-state index contributed by atoms with van der Waals surface area (Å²) in [5.41, 5.74) is 0.185. The lowest BCUT2D eigenvalue weighted by atomic mass is 10.1. The predicted molar refractivity (Wildman–Crippen MR) is 46.0 cm³/mol. The van der Waals surface area contributed by atoms with Gasteiger partial charge in [0.15, 0.2) is 5.78 Å². The monoisotopic (exact) mass is 196 g/mol. The third kappa shape index (κ3) is 1.17. The lowest BCUT2D eigenvalue weighted by Crippen LogP contribution is -1.94. The summed E-state index contributed by atoms with van der Waals surface area (Å²) < 4.78 is 26.0. The molecule has 5 heteroatoms. The van der Waals surface area contributed by atoms with Crippen LogP contribution in [-0.2, 0) is 0 Å². The number of aromatic nitrogens is 2. The van der Waals surface area contributed by atoms with Gasteiger partial charge in [0, 0.05) is 13.0 Å². The Bertz CT molecular complexity index is 519. The second-order valence-corrected chi connectivity index (χ2v) is 2.94. The maximum atomic E-state index is 13.2. The van der Waals surface area contributed by atoms with Crippen LogP contribution in [0, 0.1) is 11.6 Å². The highest BCUT2D eigenvalue weighted by Crippen LogP contribution is 2.21. The highest BCUT2D eigenvalue weighted by atomic mass is 19.1. The highest BCUT2D eigenvalue weighted by Gasteiger charge is 2.15. The Labute approximate surface area is 77.7 Å². The largest absolute Gasteiger partial charge is 0.293 e. The van der Waals surface area contributed by atoms with Gasteiger partial charge < -0.3 is 0 Å². The molecule has 1 heterocycles. The second-order valence-electron chi connectivity index (χ2n) is 2.94. The molecule has 0 saturated carbocycles. The van der Waals surface area contributed by atoms with E-state index in [0.29, 0.717) is 0 Å². The summed E-state index contributed by atoms with van der Waals surface area (Å²) in [6, 6.07) is 1.82. The third-order valence-corrected chi connectivity index (χ3v) is 1.91. The van der Waals surface area contributed by atoms with Crippen molar-refractivity contribution in [2.75, 3.05) is 0 Å². The summed E-state index contributed by atoms with van der Waals surface area (Å²) in [5.74, 6) is -1.84. The van der Waals surface area contributed by atoms with Crippen molar-refractivity contribution in [2.24, 2.45) is 0 Å². The molecule has 0 atom stereocenters. The molecule has 0 amide bonds. The zero-order valence-corrected chi connectivity index (χ0v) is 7.27. The molecule has 3 nitrogen and oxygen atoms in total. The average molecular weight is 196 g/mol. The van der Waals surface area contributed by atoms with Crippen molar-refractivity contribution in [1.29, 1.82) is 0 Å². The lowest BCUT2D eigenvalue weighted by Gasteiger charge is -1.94. The van der Waals surface area contributed by atoms with E-state index in [1.165, 1.54) is 6.92 Å². The topological polar surface area (TPSA) is 45.8 Å². The van der Waals surface area contributed by atoms with Gasteiger partial charge in [0.05, 0.1) is 10.9 Å². The van der Waals surface area contributed by atoms with Crippen LogP contribution in [0.25, 0.3) is 10.9 Å². The van der Waals surface area contributed by atoms with E-state index in [0.717, 1.165) is 12.1 Å². The van der Waals surface area contributed by atoms with Crippen molar-refractivity contribution in [2.45, 2.75) is 6.92 Å². The third-order valence-electron chi connectivity index (χ3n) is 1.91. The molecule has 0 aliphatic rings. The van der Waals surface area contributed by atoms with Crippen LogP contribution in [-0.4, -0.2) is 16.0 Å². The first-order chi connectivity index (χ1) is 6.59. The lowest BCUT2D eigenvalue weighted by molar-refractivity contribution is 0.101. The first-order valence-electron chi connectivity index (χ1n) is 3.93. The van der Waals surface area contributed by atoms with Gasteiger partial charge in [-0.3, -0.25) is 9.89 Å². The van der Waals surface area contributed by atoms with Crippen molar-refractivity contribution in [3.8, 4) is 0 Å². The molecule has 2 aromatic rings. The van der Waals surface area contributed by atoms with Gasteiger partial charge in [0.1, 0.15) is 17.3 Å². The molecule has 0 radical (unpaired) electrons. The number of nitrogens with one attached hydrogen (secondary N) is 1. The van der Waals surface area contributed by atoms with Gasteiger partial charge in [-0.05, 0) is 6.07 Å². The molecular weight excluding hydrogens is 190 g/mol. The predicted octanol–water partition coefficient (Wildman–Crippen LogP) is 2.04. The maximum Gasteiger partial charge on any atom is 0.180 e. The average Bonchev–Trinajstić information content (AvgIpc) is 2.47. The Morgan fingerprint density at radius 1 is 1.43 bits per heavy atom. The van der Waals surface area contributed by atoms with Gasteiger partial charge in [-0.15, -0.1) is 0 Å². The molecule has 1 aromatic heterocycles. The smallest absolute Gasteiger partial charge is 0.180 e. The summed E-state index contributed by atoms with van der Waals surface area (Å²) >= 11 is 0. The van der Waals surface area contributed by atoms with Crippen LogP contribution in [0.2, 0.25) is 0 Å². The fourth-order valence-corrected chi connectivity index (χ4v) is 1.33. The van der Waals surface area contributed by atoms with Crippen molar-refractivity contribution in [1.82, 2.24) is 10.2 Å². The highest BCUT2D eigenvalue weighted by molar-refractivity contribution is 6.04. The Balaban J connectivity index is 2.85. The number of rotatable bonds is 1. The molecule has 0 aliphatic heterocycles. The Morgan fingerprint density at radius 2 is 2.14 bits per heavy atom. The maximum absolute atomic E-state index is 13.2. The van der Waals surface area contributed by atoms with E-state index in [2.05, 4.69) is 10.2 Å². The first kappa shape index (κ1) is 8.80. The number of nitrogens with zero attached hydrogens (tertiary/aromatic N) is 1. The summed E-state index contributed by atoms with van der Waals surface area (Å²) in [5, 5.41) is 6.06. The molecule has 1 aromatic carbocycles.